The lowest BCUT2D eigenvalue weighted by Gasteiger charge is -2.40. The van der Waals surface area contributed by atoms with Crippen molar-refractivity contribution in [3.8, 4) is 0 Å². The molecule has 1 aliphatic heterocycles. The van der Waals surface area contributed by atoms with Crippen LogP contribution >= 0.6 is 0 Å². The molecule has 0 saturated carbocycles. The fraction of sp³-hybridized carbons (Fsp3) is 0.810. The highest BCUT2D eigenvalue weighted by Gasteiger charge is 2.46. The highest BCUT2D eigenvalue weighted by molar-refractivity contribution is 7.85. The van der Waals surface area contributed by atoms with Crippen LogP contribution in [0.25, 0.3) is 0 Å². The first-order chi connectivity index (χ1) is 26.5. The van der Waals surface area contributed by atoms with Crippen molar-refractivity contribution in [3.05, 3.63) is 36.5 Å². The van der Waals surface area contributed by atoms with Gasteiger partial charge in [-0.1, -0.05) is 115 Å². The van der Waals surface area contributed by atoms with E-state index in [4.69, 9.17) is 18.9 Å². The summed E-state index contributed by atoms with van der Waals surface area (Å²) in [4.78, 5) is 25.3. The zero-order chi connectivity index (χ0) is 40.6. The van der Waals surface area contributed by atoms with Crippen LogP contribution in [0, 0.1) is 0 Å². The second-order valence-electron chi connectivity index (χ2n) is 14.6. The minimum absolute atomic E-state index is 0.146. The number of unbranched alkanes of at least 4 members (excludes halogenated alkanes) is 16. The van der Waals surface area contributed by atoms with E-state index in [1.165, 1.54) is 38.5 Å². The normalized spacial score (nSPS) is 21.2. The molecule has 1 fully saturated rings. The van der Waals surface area contributed by atoms with Gasteiger partial charge in [-0.05, 0) is 70.6 Å². The molecule has 0 aromatic heterocycles. The lowest BCUT2D eigenvalue weighted by Crippen LogP contribution is -2.60. The van der Waals surface area contributed by atoms with Gasteiger partial charge in [0.25, 0.3) is 10.1 Å². The van der Waals surface area contributed by atoms with Gasteiger partial charge in [-0.3, -0.25) is 14.1 Å². The van der Waals surface area contributed by atoms with E-state index in [1.54, 1.807) is 0 Å². The maximum atomic E-state index is 12.8. The molecule has 0 aromatic rings. The van der Waals surface area contributed by atoms with Crippen molar-refractivity contribution in [1.29, 1.82) is 0 Å². The molecule has 4 N–H and O–H groups in total. The first kappa shape index (κ1) is 50.9. The van der Waals surface area contributed by atoms with Gasteiger partial charge in [0.2, 0.25) is 0 Å². The molecule has 0 aliphatic carbocycles. The van der Waals surface area contributed by atoms with Crippen LogP contribution in [0.3, 0.4) is 0 Å². The number of rotatable bonds is 34. The molecule has 0 radical (unpaired) electrons. The molecule has 0 aromatic carbocycles. The molecule has 55 heavy (non-hydrogen) atoms. The van der Waals surface area contributed by atoms with Gasteiger partial charge >= 0.3 is 11.9 Å². The van der Waals surface area contributed by atoms with Crippen molar-refractivity contribution in [2.24, 2.45) is 0 Å². The van der Waals surface area contributed by atoms with Gasteiger partial charge in [0.15, 0.2) is 12.4 Å². The van der Waals surface area contributed by atoms with Gasteiger partial charge in [-0.15, -0.1) is 0 Å². The van der Waals surface area contributed by atoms with Crippen LogP contribution in [0.2, 0.25) is 0 Å². The Bertz CT molecular complexity index is 1170. The molecule has 0 amide bonds. The zero-order valence-corrected chi connectivity index (χ0v) is 34.6. The molecule has 1 aliphatic rings. The minimum Gasteiger partial charge on any atom is -0.462 e. The number of hydrogen-bond acceptors (Lipinski definition) is 11. The molecule has 2 unspecified atom stereocenters. The summed E-state index contributed by atoms with van der Waals surface area (Å²) in [6.45, 7) is 3.67. The predicted octanol–water partition coefficient (Wildman–Crippen LogP) is 7.83. The van der Waals surface area contributed by atoms with E-state index in [9.17, 15) is 37.9 Å². The summed E-state index contributed by atoms with van der Waals surface area (Å²) in [5.74, 6) is -2.01. The number of carbonyl (C=O) groups is 2. The van der Waals surface area contributed by atoms with Crippen LogP contribution in [-0.2, 0) is 38.7 Å². The van der Waals surface area contributed by atoms with Crippen molar-refractivity contribution in [2.45, 2.75) is 198 Å². The first-order valence-corrected chi connectivity index (χ1v) is 22.7. The van der Waals surface area contributed by atoms with Gasteiger partial charge in [-0.2, -0.15) is 8.42 Å². The largest absolute Gasteiger partial charge is 0.462 e. The minimum atomic E-state index is -4.60. The van der Waals surface area contributed by atoms with Gasteiger partial charge in [-0.25, -0.2) is 0 Å². The first-order valence-electron chi connectivity index (χ1n) is 21.0. The Balaban J connectivity index is 2.51. The highest BCUT2D eigenvalue weighted by Crippen LogP contribution is 2.24. The number of ether oxygens (including phenoxy) is 4. The van der Waals surface area contributed by atoms with Crippen molar-refractivity contribution < 1.29 is 56.8 Å². The number of carbonyl (C=O) groups excluding carboxylic acids is 2. The van der Waals surface area contributed by atoms with E-state index in [1.807, 2.05) is 0 Å². The van der Waals surface area contributed by atoms with E-state index in [2.05, 4.69) is 50.3 Å². The molecular formula is C42H74O12S. The number of aliphatic hydroxyl groups excluding tert-OH is 3. The third-order valence-electron chi connectivity index (χ3n) is 9.44. The third-order valence-corrected chi connectivity index (χ3v) is 10.2. The Labute approximate surface area is 331 Å². The molecule has 1 rings (SSSR count). The Kier molecular flexibility index (Phi) is 30.4. The smallest absolute Gasteiger partial charge is 0.306 e. The lowest BCUT2D eigenvalue weighted by molar-refractivity contribution is -0.297. The van der Waals surface area contributed by atoms with Crippen LogP contribution in [0.1, 0.15) is 162 Å². The molecule has 12 nitrogen and oxygen atoms in total. The summed E-state index contributed by atoms with van der Waals surface area (Å²) in [6, 6.07) is 0. The van der Waals surface area contributed by atoms with Gasteiger partial charge in [0.05, 0.1) is 6.61 Å². The Morgan fingerprint density at radius 3 is 1.62 bits per heavy atom. The molecule has 6 atom stereocenters. The van der Waals surface area contributed by atoms with Crippen LogP contribution < -0.4 is 0 Å². The van der Waals surface area contributed by atoms with Crippen molar-refractivity contribution >= 4 is 22.1 Å². The van der Waals surface area contributed by atoms with Crippen LogP contribution in [0.15, 0.2) is 36.5 Å². The van der Waals surface area contributed by atoms with E-state index in [-0.39, 0.29) is 19.4 Å². The predicted molar refractivity (Wildman–Crippen MR) is 215 cm³/mol. The maximum absolute atomic E-state index is 12.8. The molecule has 1 saturated heterocycles. The number of aliphatic hydroxyl groups is 3. The standard InChI is InChI=1S/C42H74O12S/c1-3-5-7-9-11-13-15-17-18-19-21-23-25-27-29-31-38(44)53-35(33-52-42-41(47)40(46)39(45)36(54-42)34-55(48,49)50)32-51-37(43)30-28-26-24-22-20-16-14-12-10-8-6-4-2/h11-14,17-18,35-36,39-42,45-47H,3-10,15-16,19-34H2,1-2H3,(H,48,49,50)/b13-11+,14-12+,18-17+/t35-,36-,39-,40?,41?,42+/m1/s1. The lowest BCUT2D eigenvalue weighted by atomic mass is 10.00. The van der Waals surface area contributed by atoms with Crippen LogP contribution in [0.5, 0.6) is 0 Å². The highest BCUT2D eigenvalue weighted by atomic mass is 32.2. The molecule has 0 bridgehead atoms. The average molecular weight is 803 g/mol. The SMILES string of the molecule is CCCCC/C=C/C/C=C/CCCCCCCC(=O)O[C@H](COC(=O)CCCCCCC/C=C/CCCCC)CO[C@H]1O[C@H](CS(=O)(=O)O)[C@@H](O)C(O)C1O. The molecule has 1 heterocycles. The molecule has 0 spiro atoms. The van der Waals surface area contributed by atoms with Crippen molar-refractivity contribution in [2.75, 3.05) is 19.0 Å². The summed E-state index contributed by atoms with van der Waals surface area (Å²) in [6.07, 6.45) is 26.2. The fourth-order valence-corrected chi connectivity index (χ4v) is 6.80. The van der Waals surface area contributed by atoms with Gasteiger partial charge in [0, 0.05) is 12.8 Å². The van der Waals surface area contributed by atoms with E-state index in [0.29, 0.717) is 12.8 Å². The monoisotopic (exact) mass is 802 g/mol. The van der Waals surface area contributed by atoms with Crippen LogP contribution in [0.4, 0.5) is 0 Å². The second kappa shape index (κ2) is 32.9. The van der Waals surface area contributed by atoms with E-state index in [0.717, 1.165) is 83.5 Å². The van der Waals surface area contributed by atoms with Crippen molar-refractivity contribution in [1.82, 2.24) is 0 Å². The summed E-state index contributed by atoms with van der Waals surface area (Å²) in [5.41, 5.74) is 0. The summed E-state index contributed by atoms with van der Waals surface area (Å²) in [5, 5.41) is 30.8. The van der Waals surface area contributed by atoms with E-state index >= 15 is 0 Å². The molecule has 320 valence electrons. The zero-order valence-electron chi connectivity index (χ0n) is 33.8. The van der Waals surface area contributed by atoms with Crippen LogP contribution in [-0.4, -0.2) is 96.0 Å². The van der Waals surface area contributed by atoms with Gasteiger partial charge in [0.1, 0.15) is 36.8 Å². The fourth-order valence-electron chi connectivity index (χ4n) is 6.11. The van der Waals surface area contributed by atoms with E-state index < -0.39 is 71.2 Å². The summed E-state index contributed by atoms with van der Waals surface area (Å²) >= 11 is 0. The number of hydrogen-bond donors (Lipinski definition) is 4. The number of esters is 2. The summed E-state index contributed by atoms with van der Waals surface area (Å²) < 4.78 is 53.9. The Morgan fingerprint density at radius 1 is 0.618 bits per heavy atom. The van der Waals surface area contributed by atoms with Crippen molar-refractivity contribution in [3.63, 3.8) is 0 Å². The second-order valence-corrected chi connectivity index (χ2v) is 16.1. The third kappa shape index (κ3) is 28.0. The van der Waals surface area contributed by atoms with Gasteiger partial charge < -0.3 is 34.3 Å². The molecule has 13 heteroatoms. The maximum Gasteiger partial charge on any atom is 0.306 e. The number of allylic oxidation sites excluding steroid dienone is 6. The topological polar surface area (TPSA) is 186 Å². The average Bonchev–Trinajstić information content (AvgIpc) is 3.14. The quantitative estimate of drug-likeness (QED) is 0.0214. The molecular weight excluding hydrogens is 729 g/mol. The Morgan fingerprint density at radius 2 is 1.09 bits per heavy atom. The summed E-state index contributed by atoms with van der Waals surface area (Å²) in [7, 11) is -4.60. The Hall–Kier alpha value is -2.13.